The van der Waals surface area contributed by atoms with Crippen LogP contribution < -0.4 is 0 Å². The average Bonchev–Trinajstić information content (AvgIpc) is 3.58. The molecule has 0 aliphatic carbocycles. The van der Waals surface area contributed by atoms with Crippen molar-refractivity contribution in [1.82, 2.24) is 34.2 Å². The zero-order chi connectivity index (χ0) is 22.7. The minimum atomic E-state index is 0.844. The second-order valence-electron chi connectivity index (χ2n) is 8.69. The molecule has 6 rings (SSSR count). The smallest absolute Gasteiger partial charge is 0.0923 e. The Hall–Kier alpha value is -3.97. The van der Waals surface area contributed by atoms with Crippen LogP contribution in [0.3, 0.4) is 0 Å². The molecule has 3 heterocycles. The van der Waals surface area contributed by atoms with Gasteiger partial charge in [-0.1, -0.05) is 54.6 Å². The summed E-state index contributed by atoms with van der Waals surface area (Å²) < 4.78 is 6.17. The number of nitrogens with zero attached hydrogens (tertiary/aromatic N) is 7. The van der Waals surface area contributed by atoms with Crippen LogP contribution in [0.25, 0.3) is 32.7 Å². The molecule has 0 spiro atoms. The molecule has 3 aromatic carbocycles. The summed E-state index contributed by atoms with van der Waals surface area (Å²) in [5, 5.41) is 17.7. The summed E-state index contributed by atoms with van der Waals surface area (Å²) in [5.41, 5.74) is 3.13. The van der Waals surface area contributed by atoms with Crippen LogP contribution in [0.1, 0.15) is 0 Å². The van der Waals surface area contributed by atoms with E-state index in [4.69, 9.17) is 15.3 Å². The van der Waals surface area contributed by atoms with E-state index in [0.717, 1.165) is 55.8 Å². The molecule has 0 unspecified atom stereocenters. The fraction of sp³-hybridized carbons (Fsp3) is 0.222. The van der Waals surface area contributed by atoms with Crippen molar-refractivity contribution in [1.29, 1.82) is 0 Å². The summed E-state index contributed by atoms with van der Waals surface area (Å²) in [7, 11) is 0. The molecule has 7 heteroatoms. The third-order valence-corrected chi connectivity index (χ3v) is 6.32. The maximum absolute atomic E-state index is 4.73. The van der Waals surface area contributed by atoms with Gasteiger partial charge in [-0.15, -0.1) is 0 Å². The number of rotatable bonds is 9. The first-order chi connectivity index (χ1) is 16.8. The molecule has 0 bridgehead atoms. The third kappa shape index (κ3) is 4.43. The van der Waals surface area contributed by atoms with Crippen molar-refractivity contribution in [2.75, 3.05) is 19.6 Å². The van der Waals surface area contributed by atoms with Crippen LogP contribution >= 0.6 is 0 Å². The fourth-order valence-electron chi connectivity index (χ4n) is 4.46. The summed E-state index contributed by atoms with van der Waals surface area (Å²) in [5.74, 6) is 0. The average molecular weight is 450 g/mol. The lowest BCUT2D eigenvalue weighted by Crippen LogP contribution is -2.34. The molecule has 3 aromatic heterocycles. The molecular weight excluding hydrogens is 422 g/mol. The molecule has 34 heavy (non-hydrogen) atoms. The van der Waals surface area contributed by atoms with Gasteiger partial charge in [-0.3, -0.25) is 18.9 Å². The van der Waals surface area contributed by atoms with Gasteiger partial charge in [0.05, 0.1) is 36.2 Å². The van der Waals surface area contributed by atoms with Crippen LogP contribution in [-0.2, 0) is 19.6 Å². The van der Waals surface area contributed by atoms with Gasteiger partial charge in [0, 0.05) is 54.4 Å². The van der Waals surface area contributed by atoms with E-state index in [1.807, 2.05) is 18.2 Å². The molecule has 0 fully saturated rings. The highest BCUT2D eigenvalue weighted by Crippen LogP contribution is 2.13. The molecule has 0 saturated heterocycles. The van der Waals surface area contributed by atoms with Crippen LogP contribution in [-0.4, -0.2) is 53.9 Å². The minimum Gasteiger partial charge on any atom is -0.298 e. The van der Waals surface area contributed by atoms with Gasteiger partial charge in [-0.2, -0.15) is 15.3 Å². The Kier molecular flexibility index (Phi) is 5.53. The number of aromatic nitrogens is 6. The third-order valence-electron chi connectivity index (χ3n) is 6.32. The maximum Gasteiger partial charge on any atom is 0.0923 e. The summed E-state index contributed by atoms with van der Waals surface area (Å²) in [6.45, 7) is 5.27. The van der Waals surface area contributed by atoms with Gasteiger partial charge < -0.3 is 0 Å². The van der Waals surface area contributed by atoms with Gasteiger partial charge in [0.15, 0.2) is 0 Å². The largest absolute Gasteiger partial charge is 0.298 e. The number of hydrogen-bond acceptors (Lipinski definition) is 4. The molecule has 0 saturated carbocycles. The molecule has 170 valence electrons. The molecule has 0 aliphatic heterocycles. The van der Waals surface area contributed by atoms with Crippen LogP contribution in [0.15, 0.2) is 91.4 Å². The molecular formula is C27H27N7. The first-order valence-corrected chi connectivity index (χ1v) is 11.8. The van der Waals surface area contributed by atoms with Gasteiger partial charge in [0.25, 0.3) is 0 Å². The van der Waals surface area contributed by atoms with Gasteiger partial charge in [-0.05, 0) is 18.2 Å². The van der Waals surface area contributed by atoms with Gasteiger partial charge in [0.2, 0.25) is 0 Å². The highest BCUT2D eigenvalue weighted by atomic mass is 15.3. The second-order valence-corrected chi connectivity index (χ2v) is 8.69. The van der Waals surface area contributed by atoms with Crippen molar-refractivity contribution in [2.24, 2.45) is 0 Å². The van der Waals surface area contributed by atoms with Gasteiger partial charge in [-0.25, -0.2) is 0 Å². The second kappa shape index (κ2) is 9.11. The zero-order valence-electron chi connectivity index (χ0n) is 19.0. The van der Waals surface area contributed by atoms with Crippen LogP contribution in [0.2, 0.25) is 0 Å². The number of hydrogen-bond donors (Lipinski definition) is 0. The molecule has 0 aliphatic rings. The van der Waals surface area contributed by atoms with E-state index in [-0.39, 0.29) is 0 Å². The summed E-state index contributed by atoms with van der Waals surface area (Å²) >= 11 is 0. The van der Waals surface area contributed by atoms with E-state index in [1.54, 1.807) is 0 Å². The van der Waals surface area contributed by atoms with Crippen LogP contribution in [0.4, 0.5) is 0 Å². The van der Waals surface area contributed by atoms with Crippen molar-refractivity contribution in [2.45, 2.75) is 19.6 Å². The first kappa shape index (κ1) is 20.6. The van der Waals surface area contributed by atoms with Gasteiger partial charge in [0.1, 0.15) is 0 Å². The normalized spacial score (nSPS) is 11.9. The quantitative estimate of drug-likeness (QED) is 0.328. The van der Waals surface area contributed by atoms with Crippen molar-refractivity contribution in [3.63, 3.8) is 0 Å². The predicted molar refractivity (Wildman–Crippen MR) is 136 cm³/mol. The summed E-state index contributed by atoms with van der Waals surface area (Å²) in [6, 6.07) is 24.8. The summed E-state index contributed by atoms with van der Waals surface area (Å²) in [4.78, 5) is 2.48. The molecule has 6 aromatic rings. The monoisotopic (exact) mass is 449 g/mol. The van der Waals surface area contributed by atoms with Gasteiger partial charge >= 0.3 is 0 Å². The lowest BCUT2D eigenvalue weighted by molar-refractivity contribution is 0.234. The topological polar surface area (TPSA) is 56.7 Å². The SMILES string of the molecule is c1ccc2nn(CCN(CCn3cc4ccccc4n3)CCn3cc4ccccc4n3)cc2c1. The number of fused-ring (bicyclic) bond motifs is 3. The minimum absolute atomic E-state index is 0.844. The Morgan fingerprint density at radius 2 is 0.794 bits per heavy atom. The highest BCUT2D eigenvalue weighted by Gasteiger charge is 2.10. The van der Waals surface area contributed by atoms with Crippen LogP contribution in [0, 0.1) is 0 Å². The lowest BCUT2D eigenvalue weighted by atomic mass is 10.3. The van der Waals surface area contributed by atoms with E-state index < -0.39 is 0 Å². The lowest BCUT2D eigenvalue weighted by Gasteiger charge is -2.22. The molecule has 0 radical (unpaired) electrons. The van der Waals surface area contributed by atoms with Crippen molar-refractivity contribution in [3.05, 3.63) is 91.4 Å². The molecule has 0 atom stereocenters. The van der Waals surface area contributed by atoms with E-state index >= 15 is 0 Å². The van der Waals surface area contributed by atoms with E-state index in [1.165, 1.54) is 16.2 Å². The summed E-state index contributed by atoms with van der Waals surface area (Å²) in [6.07, 6.45) is 6.40. The maximum atomic E-state index is 4.73. The standard InChI is InChI=1S/C27H27N7/c1-4-10-25-22(7-1)19-32(28-25)16-13-31(14-17-33-20-23-8-2-5-11-26(23)29-33)15-18-34-21-24-9-3-6-12-27(24)30-34/h1-12,19-21H,13-18H2. The van der Waals surface area contributed by atoms with Crippen molar-refractivity contribution < 1.29 is 0 Å². The fourth-order valence-corrected chi connectivity index (χ4v) is 4.46. The van der Waals surface area contributed by atoms with E-state index in [2.05, 4.69) is 92.1 Å². The number of benzene rings is 3. The molecule has 7 nitrogen and oxygen atoms in total. The molecule has 0 N–H and O–H groups in total. The van der Waals surface area contributed by atoms with Crippen molar-refractivity contribution >= 4 is 32.7 Å². The Bertz CT molecular complexity index is 1260. The zero-order valence-corrected chi connectivity index (χ0v) is 19.0. The Morgan fingerprint density at radius 1 is 0.471 bits per heavy atom. The Balaban J connectivity index is 1.15. The van der Waals surface area contributed by atoms with Crippen LogP contribution in [0.5, 0.6) is 0 Å². The predicted octanol–water partition coefficient (Wildman–Crippen LogP) is 4.44. The molecule has 0 amide bonds. The Morgan fingerprint density at radius 3 is 1.12 bits per heavy atom. The Labute approximate surface area is 197 Å². The van der Waals surface area contributed by atoms with Crippen molar-refractivity contribution in [3.8, 4) is 0 Å². The van der Waals surface area contributed by atoms with E-state index in [9.17, 15) is 0 Å². The van der Waals surface area contributed by atoms with E-state index in [0.29, 0.717) is 0 Å². The first-order valence-electron chi connectivity index (χ1n) is 11.8. The highest BCUT2D eigenvalue weighted by molar-refractivity contribution is 5.78.